The van der Waals surface area contributed by atoms with Crippen LogP contribution in [-0.2, 0) is 20.0 Å². The molecule has 0 unspecified atom stereocenters. The van der Waals surface area contributed by atoms with Crippen LogP contribution in [0.5, 0.6) is 0 Å². The molecule has 0 bridgehead atoms. The van der Waals surface area contributed by atoms with Gasteiger partial charge in [-0.3, -0.25) is 4.31 Å². The van der Waals surface area contributed by atoms with E-state index < -0.39 is 20.0 Å². The van der Waals surface area contributed by atoms with Gasteiger partial charge in [-0.25, -0.2) is 21.6 Å². The fourth-order valence-corrected chi connectivity index (χ4v) is 4.41. The number of aryl methyl sites for hydroxylation is 1. The Morgan fingerprint density at radius 2 is 1.77 bits per heavy atom. The van der Waals surface area contributed by atoms with Gasteiger partial charge in [-0.2, -0.15) is 5.26 Å². The summed E-state index contributed by atoms with van der Waals surface area (Å²) in [5.41, 5.74) is 1.43. The molecule has 2 rings (SSSR count). The van der Waals surface area contributed by atoms with Crippen LogP contribution >= 0.6 is 0 Å². The molecule has 0 aliphatic carbocycles. The Morgan fingerprint density at radius 3 is 2.38 bits per heavy atom. The summed E-state index contributed by atoms with van der Waals surface area (Å²) in [5.74, 6) is 0. The molecule has 0 fully saturated rings. The molecule has 0 saturated carbocycles. The Bertz CT molecular complexity index is 1040. The number of anilines is 1. The van der Waals surface area contributed by atoms with E-state index in [4.69, 9.17) is 5.26 Å². The van der Waals surface area contributed by atoms with Gasteiger partial charge < -0.3 is 0 Å². The lowest BCUT2D eigenvalue weighted by Gasteiger charge is -2.22. The Kier molecular flexibility index (Phi) is 6.02. The Morgan fingerprint density at radius 1 is 1.08 bits per heavy atom. The summed E-state index contributed by atoms with van der Waals surface area (Å²) in [6.07, 6.45) is 1.03. The second-order valence-electron chi connectivity index (χ2n) is 5.71. The van der Waals surface area contributed by atoms with Gasteiger partial charge in [0.25, 0.3) is 0 Å². The predicted octanol–water partition coefficient (Wildman–Crippen LogP) is 1.61. The zero-order valence-corrected chi connectivity index (χ0v) is 16.0. The van der Waals surface area contributed by atoms with Gasteiger partial charge in [0, 0.05) is 13.1 Å². The van der Waals surface area contributed by atoms with E-state index in [1.807, 2.05) is 6.07 Å². The summed E-state index contributed by atoms with van der Waals surface area (Å²) in [5, 5.41) is 8.97. The van der Waals surface area contributed by atoms with E-state index in [2.05, 4.69) is 4.72 Å². The molecule has 2 aromatic rings. The summed E-state index contributed by atoms with van der Waals surface area (Å²) < 4.78 is 52.3. The van der Waals surface area contributed by atoms with Crippen molar-refractivity contribution in [2.75, 3.05) is 23.7 Å². The number of hydrogen-bond acceptors (Lipinski definition) is 5. The molecule has 0 saturated heterocycles. The third-order valence-electron chi connectivity index (χ3n) is 3.57. The number of nitrogens with zero attached hydrogens (tertiary/aromatic N) is 2. The summed E-state index contributed by atoms with van der Waals surface area (Å²) >= 11 is 0. The average molecular weight is 393 g/mol. The number of benzene rings is 2. The molecule has 0 spiro atoms. The van der Waals surface area contributed by atoms with Crippen molar-refractivity contribution in [1.29, 1.82) is 5.26 Å². The van der Waals surface area contributed by atoms with E-state index in [-0.39, 0.29) is 18.0 Å². The summed E-state index contributed by atoms with van der Waals surface area (Å²) in [6.45, 7) is 1.57. The molecule has 7 nitrogen and oxygen atoms in total. The highest BCUT2D eigenvalue weighted by Crippen LogP contribution is 2.18. The molecule has 2 aromatic carbocycles. The first-order valence-corrected chi connectivity index (χ1v) is 11.0. The lowest BCUT2D eigenvalue weighted by Crippen LogP contribution is -2.38. The molecule has 1 N–H and O–H groups in total. The van der Waals surface area contributed by atoms with Gasteiger partial charge in [0.1, 0.15) is 0 Å². The van der Waals surface area contributed by atoms with Crippen LogP contribution in [0.3, 0.4) is 0 Å². The SMILES string of the molecule is Cc1cccc(S(=O)(=O)NCCN(c2cccc(C#N)c2)S(C)(=O)=O)c1. The molecule has 0 aliphatic rings. The van der Waals surface area contributed by atoms with Crippen LogP contribution < -0.4 is 9.03 Å². The number of sulfonamides is 2. The summed E-state index contributed by atoms with van der Waals surface area (Å²) in [4.78, 5) is 0.120. The highest BCUT2D eigenvalue weighted by Gasteiger charge is 2.19. The summed E-state index contributed by atoms with van der Waals surface area (Å²) in [7, 11) is -7.39. The lowest BCUT2D eigenvalue weighted by molar-refractivity contribution is 0.578. The average Bonchev–Trinajstić information content (AvgIpc) is 2.57. The van der Waals surface area contributed by atoms with Gasteiger partial charge in [-0.05, 0) is 42.8 Å². The molecule has 9 heteroatoms. The van der Waals surface area contributed by atoms with Gasteiger partial charge in [-0.15, -0.1) is 0 Å². The van der Waals surface area contributed by atoms with Crippen LogP contribution in [0.1, 0.15) is 11.1 Å². The van der Waals surface area contributed by atoms with Crippen molar-refractivity contribution in [3.05, 3.63) is 59.7 Å². The smallest absolute Gasteiger partial charge is 0.240 e. The third-order valence-corrected chi connectivity index (χ3v) is 6.22. The molecule has 0 amide bonds. The summed E-state index contributed by atoms with van der Waals surface area (Å²) in [6, 6.07) is 14.5. The zero-order chi connectivity index (χ0) is 19.4. The van der Waals surface area contributed by atoms with E-state index in [0.29, 0.717) is 11.3 Å². The van der Waals surface area contributed by atoms with E-state index in [0.717, 1.165) is 16.1 Å². The molecule has 0 heterocycles. The molecule has 0 aliphatic heterocycles. The molecular formula is C17H19N3O4S2. The number of nitrogens with one attached hydrogen (secondary N) is 1. The monoisotopic (exact) mass is 393 g/mol. The van der Waals surface area contributed by atoms with Gasteiger partial charge >= 0.3 is 0 Å². The van der Waals surface area contributed by atoms with Gasteiger partial charge in [0.2, 0.25) is 20.0 Å². The standard InChI is InChI=1S/C17H19N3O4S2/c1-14-5-3-8-17(11-14)26(23,24)19-9-10-20(25(2,21)22)16-7-4-6-15(12-16)13-18/h3-8,11-12,19H,9-10H2,1-2H3. The van der Waals surface area contributed by atoms with E-state index >= 15 is 0 Å². The maximum Gasteiger partial charge on any atom is 0.240 e. The fourth-order valence-electron chi connectivity index (χ4n) is 2.36. The van der Waals surface area contributed by atoms with E-state index in [9.17, 15) is 16.8 Å². The van der Waals surface area contributed by atoms with Crippen LogP contribution in [0.15, 0.2) is 53.4 Å². The number of hydrogen-bond donors (Lipinski definition) is 1. The first-order valence-electron chi connectivity index (χ1n) is 7.68. The normalized spacial score (nSPS) is 11.7. The largest absolute Gasteiger partial charge is 0.269 e. The van der Waals surface area contributed by atoms with Crippen LogP contribution in [0.2, 0.25) is 0 Å². The molecule has 0 radical (unpaired) electrons. The Labute approximate surface area is 154 Å². The highest BCUT2D eigenvalue weighted by atomic mass is 32.2. The van der Waals surface area contributed by atoms with Crippen molar-refractivity contribution in [2.45, 2.75) is 11.8 Å². The second kappa shape index (κ2) is 7.86. The molecular weight excluding hydrogens is 374 g/mol. The minimum Gasteiger partial charge on any atom is -0.269 e. The maximum atomic E-state index is 12.3. The van der Waals surface area contributed by atoms with Crippen molar-refractivity contribution < 1.29 is 16.8 Å². The molecule has 138 valence electrons. The minimum absolute atomic E-state index is 0.0985. The van der Waals surface area contributed by atoms with Crippen LogP contribution in [-0.4, -0.2) is 36.2 Å². The first kappa shape index (κ1) is 19.9. The number of nitriles is 1. The van der Waals surface area contributed by atoms with Crippen LogP contribution in [0, 0.1) is 18.3 Å². The van der Waals surface area contributed by atoms with E-state index in [1.165, 1.54) is 18.2 Å². The second-order valence-corrected chi connectivity index (χ2v) is 9.39. The fraction of sp³-hybridized carbons (Fsp3) is 0.235. The molecule has 0 atom stereocenters. The van der Waals surface area contributed by atoms with Gasteiger partial charge in [-0.1, -0.05) is 18.2 Å². The topological polar surface area (TPSA) is 107 Å². The van der Waals surface area contributed by atoms with Gasteiger partial charge in [0.05, 0.1) is 28.5 Å². The Balaban J connectivity index is 2.17. The molecule has 26 heavy (non-hydrogen) atoms. The quantitative estimate of drug-likeness (QED) is 0.769. The minimum atomic E-state index is -3.74. The highest BCUT2D eigenvalue weighted by molar-refractivity contribution is 7.92. The maximum absolute atomic E-state index is 12.3. The lowest BCUT2D eigenvalue weighted by atomic mass is 10.2. The van der Waals surface area contributed by atoms with Crippen molar-refractivity contribution in [1.82, 2.24) is 4.72 Å². The molecule has 0 aromatic heterocycles. The van der Waals surface area contributed by atoms with Crippen molar-refractivity contribution >= 4 is 25.7 Å². The first-order chi connectivity index (χ1) is 12.1. The van der Waals surface area contributed by atoms with Crippen molar-refractivity contribution in [3.8, 4) is 6.07 Å². The Hall–Kier alpha value is -2.41. The third kappa shape index (κ3) is 5.05. The predicted molar refractivity (Wildman–Crippen MR) is 99.7 cm³/mol. The van der Waals surface area contributed by atoms with Crippen molar-refractivity contribution in [3.63, 3.8) is 0 Å². The number of rotatable bonds is 7. The van der Waals surface area contributed by atoms with Gasteiger partial charge in [0.15, 0.2) is 0 Å². The van der Waals surface area contributed by atoms with E-state index in [1.54, 1.807) is 37.3 Å². The zero-order valence-electron chi connectivity index (χ0n) is 14.4. The van der Waals surface area contributed by atoms with Crippen LogP contribution in [0.4, 0.5) is 5.69 Å². The van der Waals surface area contributed by atoms with Crippen LogP contribution in [0.25, 0.3) is 0 Å². The van der Waals surface area contributed by atoms with Crippen molar-refractivity contribution in [2.24, 2.45) is 0 Å².